The Kier molecular flexibility index (Phi) is 3.94. The lowest BCUT2D eigenvalue weighted by Crippen LogP contribution is -2.46. The van der Waals surface area contributed by atoms with Gasteiger partial charge in [-0.3, -0.25) is 0 Å². The van der Waals surface area contributed by atoms with Gasteiger partial charge in [-0.2, -0.15) is 0 Å². The zero-order valence-electron chi connectivity index (χ0n) is 19.6. The Hall–Kier alpha value is -2.98. The summed E-state index contributed by atoms with van der Waals surface area (Å²) in [5.74, 6) is 1.43. The fourth-order valence-electron chi connectivity index (χ4n) is 7.84. The van der Waals surface area contributed by atoms with Crippen LogP contribution in [-0.2, 0) is 24.8 Å². The minimum absolute atomic E-state index is 0.0713. The van der Waals surface area contributed by atoms with Crippen molar-refractivity contribution in [2.24, 2.45) is 21.6 Å². The van der Waals surface area contributed by atoms with Gasteiger partial charge in [0.15, 0.2) is 5.96 Å². The average molecular weight is 470 g/mol. The topological polar surface area (TPSA) is 50.9 Å². The summed E-state index contributed by atoms with van der Waals surface area (Å²) in [5.41, 5.74) is 14.4. The van der Waals surface area contributed by atoms with Crippen molar-refractivity contribution in [1.82, 2.24) is 4.90 Å². The van der Waals surface area contributed by atoms with Crippen LogP contribution in [0.5, 0.6) is 5.75 Å². The number of fused-ring (bicyclic) bond motifs is 2. The van der Waals surface area contributed by atoms with Crippen LogP contribution in [0.2, 0.25) is 5.02 Å². The lowest BCUT2D eigenvalue weighted by atomic mass is 9.79. The quantitative estimate of drug-likeness (QED) is 0.561. The first kappa shape index (κ1) is 20.4. The molecule has 0 bridgehead atoms. The van der Waals surface area contributed by atoms with Crippen molar-refractivity contribution in [3.8, 4) is 16.9 Å². The molecule has 3 aromatic rings. The minimum atomic E-state index is -0.252. The summed E-state index contributed by atoms with van der Waals surface area (Å²) in [4.78, 5) is 7.54. The number of aryl methyl sites for hydroxylation is 1. The average Bonchev–Trinajstić information content (AvgIpc) is 3.21. The third-order valence-electron chi connectivity index (χ3n) is 9.28. The number of hydrogen-bond donors (Lipinski definition) is 1. The second-order valence-electron chi connectivity index (χ2n) is 10.6. The number of rotatable bonds is 2. The second-order valence-corrected chi connectivity index (χ2v) is 11.0. The molecule has 0 aromatic heterocycles. The molecule has 3 atom stereocenters. The van der Waals surface area contributed by atoms with Gasteiger partial charge in [-0.1, -0.05) is 48.0 Å². The Morgan fingerprint density at radius 1 is 0.941 bits per heavy atom. The normalized spacial score (nSPS) is 30.2. The van der Waals surface area contributed by atoms with E-state index in [-0.39, 0.29) is 16.4 Å². The molecule has 1 heterocycles. The largest absolute Gasteiger partial charge is 0.497 e. The minimum Gasteiger partial charge on any atom is -0.497 e. The predicted molar refractivity (Wildman–Crippen MR) is 136 cm³/mol. The number of guanidine groups is 1. The van der Waals surface area contributed by atoms with Crippen LogP contribution < -0.4 is 10.5 Å². The molecule has 1 saturated carbocycles. The molecule has 0 amide bonds. The summed E-state index contributed by atoms with van der Waals surface area (Å²) in [7, 11) is 3.77. The van der Waals surface area contributed by atoms with Gasteiger partial charge in [-0.15, -0.1) is 0 Å². The summed E-state index contributed by atoms with van der Waals surface area (Å²) in [6.45, 7) is 0.950. The van der Waals surface area contributed by atoms with Crippen LogP contribution >= 0.6 is 11.6 Å². The third-order valence-corrected chi connectivity index (χ3v) is 9.50. The molecule has 172 valence electrons. The zero-order valence-corrected chi connectivity index (χ0v) is 20.3. The molecule has 7 rings (SSSR count). The van der Waals surface area contributed by atoms with Crippen LogP contribution in [0.15, 0.2) is 65.7 Å². The molecular formula is C29H28ClN3O. The lowest BCUT2D eigenvalue weighted by Gasteiger charge is -2.36. The highest BCUT2D eigenvalue weighted by Crippen LogP contribution is 2.87. The van der Waals surface area contributed by atoms with Crippen molar-refractivity contribution >= 4 is 17.6 Å². The third kappa shape index (κ3) is 2.28. The highest BCUT2D eigenvalue weighted by Gasteiger charge is 2.90. The van der Waals surface area contributed by atoms with Crippen LogP contribution in [0.1, 0.15) is 28.7 Å². The summed E-state index contributed by atoms with van der Waals surface area (Å²) < 4.78 is 5.48. The standard InChI is InChI=1S/C29H28ClN3O/c1-33-17-28-15-20-6-4-3-5-18(20)9-10-27(28)16-21-8-7-19(13-25(21)29(27,28)32-26(33)31)22-11-23(30)14-24(12-22)34-2/h3-8,11-14H,9-10,15-17H2,1-2H3,(H2,31,32). The van der Waals surface area contributed by atoms with Gasteiger partial charge in [0, 0.05) is 29.4 Å². The van der Waals surface area contributed by atoms with Gasteiger partial charge in [-0.25, -0.2) is 4.99 Å². The molecule has 3 unspecified atom stereocenters. The Bertz CT molecular complexity index is 1400. The van der Waals surface area contributed by atoms with E-state index in [1.165, 1.54) is 22.3 Å². The monoisotopic (exact) mass is 469 g/mol. The molecular weight excluding hydrogens is 442 g/mol. The Balaban J connectivity index is 1.43. The zero-order chi connectivity index (χ0) is 23.3. The summed E-state index contributed by atoms with van der Waals surface area (Å²) in [6, 6.07) is 21.8. The highest BCUT2D eigenvalue weighted by atomic mass is 35.5. The maximum Gasteiger partial charge on any atom is 0.191 e. The molecule has 34 heavy (non-hydrogen) atoms. The van der Waals surface area contributed by atoms with Crippen molar-refractivity contribution in [1.29, 1.82) is 0 Å². The van der Waals surface area contributed by atoms with Gasteiger partial charge in [0.2, 0.25) is 0 Å². The Morgan fingerprint density at radius 3 is 2.56 bits per heavy atom. The van der Waals surface area contributed by atoms with Gasteiger partial charge in [0.1, 0.15) is 11.3 Å². The van der Waals surface area contributed by atoms with Gasteiger partial charge in [0.25, 0.3) is 0 Å². The fourth-order valence-corrected chi connectivity index (χ4v) is 8.07. The maximum absolute atomic E-state index is 6.53. The number of nitrogens with zero attached hydrogens (tertiary/aromatic N) is 2. The first-order valence-electron chi connectivity index (χ1n) is 12.0. The van der Waals surface area contributed by atoms with E-state index in [9.17, 15) is 0 Å². The first-order chi connectivity index (χ1) is 16.4. The van der Waals surface area contributed by atoms with E-state index in [1.807, 2.05) is 12.1 Å². The summed E-state index contributed by atoms with van der Waals surface area (Å²) in [5, 5.41) is 0.677. The molecule has 0 radical (unpaired) electrons. The van der Waals surface area contributed by atoms with Crippen LogP contribution in [0, 0.1) is 10.8 Å². The van der Waals surface area contributed by atoms with E-state index in [0.717, 1.165) is 49.1 Å². The van der Waals surface area contributed by atoms with E-state index >= 15 is 0 Å². The molecule has 4 aliphatic rings. The second kappa shape index (κ2) is 6.57. The van der Waals surface area contributed by atoms with Crippen molar-refractivity contribution in [2.45, 2.75) is 31.2 Å². The van der Waals surface area contributed by atoms with Gasteiger partial charge in [-0.05, 0) is 83.3 Å². The predicted octanol–water partition coefficient (Wildman–Crippen LogP) is 5.20. The first-order valence-corrected chi connectivity index (χ1v) is 12.4. The Morgan fingerprint density at radius 2 is 1.74 bits per heavy atom. The van der Waals surface area contributed by atoms with Crippen molar-refractivity contribution in [3.63, 3.8) is 0 Å². The maximum atomic E-state index is 6.53. The molecule has 4 nitrogen and oxygen atoms in total. The highest BCUT2D eigenvalue weighted by molar-refractivity contribution is 6.31. The molecule has 1 aliphatic heterocycles. The van der Waals surface area contributed by atoms with E-state index in [2.05, 4.69) is 60.5 Å². The van der Waals surface area contributed by atoms with Crippen LogP contribution in [0.25, 0.3) is 11.1 Å². The molecule has 2 N–H and O–H groups in total. The van der Waals surface area contributed by atoms with E-state index in [1.54, 1.807) is 7.11 Å². The smallest absolute Gasteiger partial charge is 0.191 e. The van der Waals surface area contributed by atoms with E-state index in [0.29, 0.717) is 11.0 Å². The number of benzene rings is 3. The SMILES string of the molecule is COc1cc(Cl)cc(-c2ccc3c(c2)C24N=C(N)N(C)CC25Cc2ccccc2CCC54C3)c1. The number of ether oxygens (including phenoxy) is 1. The van der Waals surface area contributed by atoms with Gasteiger partial charge < -0.3 is 15.4 Å². The van der Waals surface area contributed by atoms with Crippen LogP contribution in [-0.4, -0.2) is 31.6 Å². The number of hydrogen-bond acceptors (Lipinski definition) is 4. The van der Waals surface area contributed by atoms with Crippen molar-refractivity contribution < 1.29 is 4.74 Å². The number of aliphatic imine (C=N–C) groups is 1. The summed E-state index contributed by atoms with van der Waals surface area (Å²) in [6.07, 6.45) is 4.37. The van der Waals surface area contributed by atoms with E-state index in [4.69, 9.17) is 27.1 Å². The molecule has 0 saturated heterocycles. The van der Waals surface area contributed by atoms with Crippen molar-refractivity contribution in [3.05, 3.63) is 87.9 Å². The summed E-state index contributed by atoms with van der Waals surface area (Å²) >= 11 is 6.42. The van der Waals surface area contributed by atoms with Gasteiger partial charge >= 0.3 is 0 Å². The fraction of sp³-hybridized carbons (Fsp3) is 0.345. The van der Waals surface area contributed by atoms with Crippen LogP contribution in [0.4, 0.5) is 0 Å². The van der Waals surface area contributed by atoms with Crippen LogP contribution in [0.3, 0.4) is 0 Å². The van der Waals surface area contributed by atoms with E-state index < -0.39 is 0 Å². The Labute approximate surface area is 205 Å². The molecule has 3 aromatic carbocycles. The molecule has 5 heteroatoms. The number of halogens is 1. The van der Waals surface area contributed by atoms with Gasteiger partial charge in [0.05, 0.1) is 7.11 Å². The van der Waals surface area contributed by atoms with Crippen molar-refractivity contribution in [2.75, 3.05) is 20.7 Å². The number of methoxy groups -OCH3 is 1. The molecule has 3 spiro atoms. The molecule has 3 aliphatic carbocycles. The molecule has 1 fully saturated rings. The lowest BCUT2D eigenvalue weighted by molar-refractivity contribution is 0.250. The number of nitrogens with two attached hydrogens (primary N) is 1.